The first kappa shape index (κ1) is 20.5. The van der Waals surface area contributed by atoms with Gasteiger partial charge in [0.15, 0.2) is 17.5 Å². The zero-order chi connectivity index (χ0) is 19.3. The standard InChI is InChI=1S/C17H16F3IN2O3/c1-9-4-11(21)2-3-14(9)23-17-10(5-13(18)15(19)16(17)20)6-22-26-8-12(25)7-24/h2-6,12,23-25H,7-8H2,1H3/b22-6+/t12-/m0/s1. The van der Waals surface area contributed by atoms with E-state index >= 15 is 0 Å². The van der Waals surface area contributed by atoms with Gasteiger partial charge in [-0.3, -0.25) is 0 Å². The Morgan fingerprint density at radius 3 is 2.65 bits per heavy atom. The molecule has 0 saturated heterocycles. The fourth-order valence-electron chi connectivity index (χ4n) is 2.02. The normalized spacial score (nSPS) is 12.4. The Bertz CT molecular complexity index is 818. The summed E-state index contributed by atoms with van der Waals surface area (Å²) in [7, 11) is 0. The summed E-state index contributed by atoms with van der Waals surface area (Å²) >= 11 is 2.12. The fraction of sp³-hybridized carbons (Fsp3) is 0.235. The van der Waals surface area contributed by atoms with Crippen LogP contribution in [0.25, 0.3) is 0 Å². The monoisotopic (exact) mass is 480 g/mol. The lowest BCUT2D eigenvalue weighted by Crippen LogP contribution is -2.17. The SMILES string of the molecule is Cc1cc(I)ccc1Nc1c(/C=N/OC[C@@H](O)CO)cc(F)c(F)c1F. The minimum atomic E-state index is -1.61. The Balaban J connectivity index is 2.34. The van der Waals surface area contributed by atoms with Crippen LogP contribution in [0.15, 0.2) is 29.4 Å². The van der Waals surface area contributed by atoms with Crippen molar-refractivity contribution in [3.63, 3.8) is 0 Å². The molecule has 0 saturated carbocycles. The van der Waals surface area contributed by atoms with Gasteiger partial charge in [-0.1, -0.05) is 5.16 Å². The number of oxime groups is 1. The van der Waals surface area contributed by atoms with E-state index in [9.17, 15) is 13.2 Å². The second-order valence-electron chi connectivity index (χ2n) is 5.40. The number of hydrogen-bond acceptors (Lipinski definition) is 5. The van der Waals surface area contributed by atoms with Crippen LogP contribution < -0.4 is 5.32 Å². The van der Waals surface area contributed by atoms with E-state index in [1.165, 1.54) is 0 Å². The van der Waals surface area contributed by atoms with Crippen molar-refractivity contribution in [3.05, 3.63) is 56.4 Å². The Hall–Kier alpha value is -1.85. The summed E-state index contributed by atoms with van der Waals surface area (Å²) in [5.74, 6) is -4.37. The lowest BCUT2D eigenvalue weighted by Gasteiger charge is -2.14. The van der Waals surface area contributed by atoms with E-state index in [4.69, 9.17) is 15.1 Å². The van der Waals surface area contributed by atoms with Crippen LogP contribution in [0.1, 0.15) is 11.1 Å². The van der Waals surface area contributed by atoms with Crippen molar-refractivity contribution in [2.45, 2.75) is 13.0 Å². The molecular formula is C17H16F3IN2O3. The quantitative estimate of drug-likeness (QED) is 0.246. The van der Waals surface area contributed by atoms with Gasteiger partial charge in [-0.25, -0.2) is 13.2 Å². The molecule has 5 nitrogen and oxygen atoms in total. The van der Waals surface area contributed by atoms with Gasteiger partial charge in [0.1, 0.15) is 12.7 Å². The number of nitrogens with zero attached hydrogens (tertiary/aromatic N) is 1. The van der Waals surface area contributed by atoms with Gasteiger partial charge < -0.3 is 20.4 Å². The van der Waals surface area contributed by atoms with Crippen molar-refractivity contribution in [2.24, 2.45) is 5.16 Å². The summed E-state index contributed by atoms with van der Waals surface area (Å²) in [6.07, 6.45) is -0.152. The minimum absolute atomic E-state index is 0.0853. The van der Waals surface area contributed by atoms with E-state index in [0.29, 0.717) is 5.69 Å². The molecular weight excluding hydrogens is 464 g/mol. The molecule has 2 aromatic rings. The highest BCUT2D eigenvalue weighted by Gasteiger charge is 2.19. The fourth-order valence-corrected chi connectivity index (χ4v) is 2.67. The van der Waals surface area contributed by atoms with E-state index in [-0.39, 0.29) is 17.9 Å². The average molecular weight is 480 g/mol. The number of aryl methyl sites for hydroxylation is 1. The summed E-state index contributed by atoms with van der Waals surface area (Å²) in [5, 5.41) is 24.1. The number of aliphatic hydroxyl groups excluding tert-OH is 2. The molecule has 2 aromatic carbocycles. The number of halogens is 4. The number of hydrogen-bond donors (Lipinski definition) is 3. The molecule has 0 aliphatic carbocycles. The maximum absolute atomic E-state index is 14.3. The first-order valence-electron chi connectivity index (χ1n) is 7.48. The highest BCUT2D eigenvalue weighted by Crippen LogP contribution is 2.29. The van der Waals surface area contributed by atoms with Gasteiger partial charge in [0, 0.05) is 14.8 Å². The topological polar surface area (TPSA) is 74.1 Å². The predicted molar refractivity (Wildman–Crippen MR) is 100 cm³/mol. The van der Waals surface area contributed by atoms with Gasteiger partial charge >= 0.3 is 0 Å². The van der Waals surface area contributed by atoms with Crippen LogP contribution in [-0.4, -0.2) is 35.7 Å². The highest BCUT2D eigenvalue weighted by molar-refractivity contribution is 14.1. The second kappa shape index (κ2) is 9.19. The molecule has 0 aliphatic heterocycles. The second-order valence-corrected chi connectivity index (χ2v) is 6.65. The molecule has 3 N–H and O–H groups in total. The molecule has 0 heterocycles. The third-order valence-corrected chi connectivity index (χ3v) is 4.06. The highest BCUT2D eigenvalue weighted by atomic mass is 127. The van der Waals surface area contributed by atoms with Gasteiger partial charge in [0.25, 0.3) is 0 Å². The van der Waals surface area contributed by atoms with Crippen molar-refractivity contribution < 1.29 is 28.2 Å². The molecule has 0 amide bonds. The van der Waals surface area contributed by atoms with Crippen LogP contribution in [0.2, 0.25) is 0 Å². The van der Waals surface area contributed by atoms with Crippen LogP contribution in [0.4, 0.5) is 24.5 Å². The largest absolute Gasteiger partial charge is 0.394 e. The average Bonchev–Trinajstić information content (AvgIpc) is 2.61. The number of rotatable bonds is 7. The third-order valence-electron chi connectivity index (χ3n) is 3.38. The van der Waals surface area contributed by atoms with Gasteiger partial charge in [-0.15, -0.1) is 0 Å². The molecule has 9 heteroatoms. The minimum Gasteiger partial charge on any atom is -0.394 e. The van der Waals surface area contributed by atoms with Crippen LogP contribution in [0, 0.1) is 27.9 Å². The molecule has 0 fully saturated rings. The first-order chi connectivity index (χ1) is 12.3. The third kappa shape index (κ3) is 5.08. The smallest absolute Gasteiger partial charge is 0.196 e. The Labute approximate surface area is 161 Å². The number of anilines is 2. The van der Waals surface area contributed by atoms with Crippen molar-refractivity contribution in [1.82, 2.24) is 0 Å². The molecule has 0 spiro atoms. The zero-order valence-electron chi connectivity index (χ0n) is 13.6. The molecule has 0 aromatic heterocycles. The van der Waals surface area contributed by atoms with Crippen LogP contribution in [0.3, 0.4) is 0 Å². The van der Waals surface area contributed by atoms with Crippen LogP contribution in [0.5, 0.6) is 0 Å². The van der Waals surface area contributed by atoms with Crippen molar-refractivity contribution in [2.75, 3.05) is 18.5 Å². The molecule has 1 atom stereocenters. The van der Waals surface area contributed by atoms with Gasteiger partial charge in [-0.2, -0.15) is 0 Å². The number of aliphatic hydroxyl groups is 2. The summed E-state index contributed by atoms with van der Waals surface area (Å²) in [5.41, 5.74) is 0.911. The lowest BCUT2D eigenvalue weighted by molar-refractivity contribution is 0.00884. The zero-order valence-corrected chi connectivity index (χ0v) is 15.8. The maximum atomic E-state index is 14.3. The van der Waals surface area contributed by atoms with E-state index in [0.717, 1.165) is 21.4 Å². The predicted octanol–water partition coefficient (Wildman–Crippen LogP) is 3.46. The van der Waals surface area contributed by atoms with E-state index < -0.39 is 30.2 Å². The van der Waals surface area contributed by atoms with Crippen molar-refractivity contribution in [3.8, 4) is 0 Å². The molecule has 2 rings (SSSR count). The molecule has 0 aliphatic rings. The molecule has 0 unspecified atom stereocenters. The summed E-state index contributed by atoms with van der Waals surface area (Å²) in [6.45, 7) is 0.960. The van der Waals surface area contributed by atoms with E-state index in [1.54, 1.807) is 19.1 Å². The molecule has 0 bridgehead atoms. The van der Waals surface area contributed by atoms with Crippen LogP contribution >= 0.6 is 22.6 Å². The molecule has 140 valence electrons. The maximum Gasteiger partial charge on any atom is 0.196 e. The van der Waals surface area contributed by atoms with Crippen LogP contribution in [-0.2, 0) is 4.84 Å². The summed E-state index contributed by atoms with van der Waals surface area (Å²) in [6, 6.07) is 6.08. The Morgan fingerprint density at radius 1 is 1.27 bits per heavy atom. The Kier molecular flexibility index (Phi) is 7.23. The molecule has 26 heavy (non-hydrogen) atoms. The van der Waals surface area contributed by atoms with Crippen molar-refractivity contribution >= 4 is 40.2 Å². The van der Waals surface area contributed by atoms with Crippen molar-refractivity contribution in [1.29, 1.82) is 0 Å². The van der Waals surface area contributed by atoms with E-state index in [1.807, 2.05) is 6.07 Å². The lowest BCUT2D eigenvalue weighted by atomic mass is 10.1. The molecule has 0 radical (unpaired) electrons. The number of nitrogens with one attached hydrogen (secondary N) is 1. The van der Waals surface area contributed by atoms with Gasteiger partial charge in [0.2, 0.25) is 0 Å². The van der Waals surface area contributed by atoms with E-state index in [2.05, 4.69) is 33.1 Å². The summed E-state index contributed by atoms with van der Waals surface area (Å²) in [4.78, 5) is 4.74. The number of benzene rings is 2. The Morgan fingerprint density at radius 2 is 2.00 bits per heavy atom. The summed E-state index contributed by atoms with van der Waals surface area (Å²) < 4.78 is 42.4. The van der Waals surface area contributed by atoms with Gasteiger partial charge in [0.05, 0.1) is 18.5 Å². The van der Waals surface area contributed by atoms with Gasteiger partial charge in [-0.05, 0) is 59.3 Å². The first-order valence-corrected chi connectivity index (χ1v) is 8.56.